The zero-order chi connectivity index (χ0) is 27.3. The zero-order valence-corrected chi connectivity index (χ0v) is 20.3. The van der Waals surface area contributed by atoms with Crippen LogP contribution in [0.2, 0.25) is 0 Å². The molecule has 38 heavy (non-hydrogen) atoms. The van der Waals surface area contributed by atoms with Crippen molar-refractivity contribution in [2.75, 3.05) is 18.5 Å². The first-order valence-electron chi connectivity index (χ1n) is 12.0. The highest BCUT2D eigenvalue weighted by atomic mass is 19.4. The van der Waals surface area contributed by atoms with E-state index in [2.05, 4.69) is 27.5 Å². The Labute approximate surface area is 216 Å². The van der Waals surface area contributed by atoms with Gasteiger partial charge in [0.2, 0.25) is 5.91 Å². The molecular weight excluding hydrogens is 507 g/mol. The second-order valence-corrected chi connectivity index (χ2v) is 9.11. The van der Waals surface area contributed by atoms with E-state index in [1.165, 1.54) is 24.5 Å². The van der Waals surface area contributed by atoms with Crippen LogP contribution in [0.1, 0.15) is 41.0 Å². The van der Waals surface area contributed by atoms with E-state index >= 15 is 0 Å². The number of amides is 1. The number of hydrogen-bond acceptors (Lipinski definition) is 5. The Morgan fingerprint density at radius 3 is 2.53 bits per heavy atom. The van der Waals surface area contributed by atoms with Crippen molar-refractivity contribution in [3.63, 3.8) is 0 Å². The van der Waals surface area contributed by atoms with E-state index in [9.17, 15) is 26.7 Å². The van der Waals surface area contributed by atoms with Crippen molar-refractivity contribution in [1.29, 1.82) is 0 Å². The molecule has 2 aromatic heterocycles. The molecule has 3 heterocycles. The highest BCUT2D eigenvalue weighted by molar-refractivity contribution is 5.92. The van der Waals surface area contributed by atoms with Crippen LogP contribution in [0, 0.1) is 18.6 Å². The van der Waals surface area contributed by atoms with Crippen molar-refractivity contribution in [2.24, 2.45) is 0 Å². The minimum atomic E-state index is -4.63. The molecule has 4 rings (SSSR count). The summed E-state index contributed by atoms with van der Waals surface area (Å²) in [7, 11) is 0. The maximum Gasteiger partial charge on any atom is 0.417 e. The number of ether oxygens (including phenoxy) is 1. The molecule has 11 heteroatoms. The number of hydrogen-bond donors (Lipinski definition) is 2. The van der Waals surface area contributed by atoms with Crippen molar-refractivity contribution in [3.8, 4) is 0 Å². The lowest BCUT2D eigenvalue weighted by molar-refractivity contribution is -0.137. The molecule has 1 fully saturated rings. The van der Waals surface area contributed by atoms with Crippen LogP contribution in [0.15, 0.2) is 55.1 Å². The standard InChI is InChI=1S/C27H26F5N4O2/c1-16-15-38-21(12-35-16)6-7-22-24(29)13-34-14-25(22)36-26(37)9-23(17-2-4-20(28)5-3-17)18-8-19(11-33-10-18)27(30,31)32/h2-5,8,10-11,13-14,16,21,23,35H,1,6-7,9,12,15H2,(H,36,37)/t16-,21+,23-/m0/s1. The Bertz CT molecular complexity index is 1240. The topological polar surface area (TPSA) is 76.1 Å². The Morgan fingerprint density at radius 2 is 1.84 bits per heavy atom. The number of aromatic nitrogens is 2. The number of carbonyl (C=O) groups is 1. The molecule has 1 aliphatic rings. The lowest BCUT2D eigenvalue weighted by atomic mass is 9.88. The van der Waals surface area contributed by atoms with Crippen LogP contribution in [0.5, 0.6) is 0 Å². The Balaban J connectivity index is 1.54. The van der Waals surface area contributed by atoms with Crippen LogP contribution in [-0.4, -0.2) is 41.2 Å². The third-order valence-corrected chi connectivity index (χ3v) is 6.31. The number of benzene rings is 1. The fraction of sp³-hybridized carbons (Fsp3) is 0.333. The largest absolute Gasteiger partial charge is 0.417 e. The molecule has 201 valence electrons. The zero-order valence-electron chi connectivity index (χ0n) is 20.3. The van der Waals surface area contributed by atoms with Gasteiger partial charge in [-0.3, -0.25) is 14.8 Å². The van der Waals surface area contributed by atoms with Crippen molar-refractivity contribution in [2.45, 2.75) is 43.5 Å². The van der Waals surface area contributed by atoms with Gasteiger partial charge in [-0.05, 0) is 49.1 Å². The number of carbonyl (C=O) groups excluding carboxylic acids is 1. The number of pyridine rings is 2. The third kappa shape index (κ3) is 7.11. The average Bonchev–Trinajstić information content (AvgIpc) is 2.88. The minimum Gasteiger partial charge on any atom is -0.375 e. The van der Waals surface area contributed by atoms with Crippen molar-refractivity contribution < 1.29 is 31.5 Å². The van der Waals surface area contributed by atoms with Crippen LogP contribution < -0.4 is 10.6 Å². The molecule has 1 radical (unpaired) electrons. The van der Waals surface area contributed by atoms with Gasteiger partial charge in [-0.2, -0.15) is 13.2 Å². The van der Waals surface area contributed by atoms with Crippen molar-refractivity contribution in [1.82, 2.24) is 15.3 Å². The summed E-state index contributed by atoms with van der Waals surface area (Å²) in [6.45, 7) is 4.86. The highest BCUT2D eigenvalue weighted by Crippen LogP contribution is 2.34. The van der Waals surface area contributed by atoms with E-state index < -0.39 is 35.2 Å². The van der Waals surface area contributed by atoms with Crippen molar-refractivity contribution in [3.05, 3.63) is 95.9 Å². The summed E-state index contributed by atoms with van der Waals surface area (Å²) in [5, 5.41) is 5.84. The third-order valence-electron chi connectivity index (χ3n) is 6.31. The van der Waals surface area contributed by atoms with Gasteiger partial charge in [0.15, 0.2) is 0 Å². The fourth-order valence-corrected chi connectivity index (χ4v) is 4.30. The predicted octanol–water partition coefficient (Wildman–Crippen LogP) is 5.06. The van der Waals surface area contributed by atoms with E-state index in [1.807, 2.05) is 0 Å². The number of nitrogens with zero attached hydrogens (tertiary/aromatic N) is 2. The lowest BCUT2D eigenvalue weighted by Crippen LogP contribution is -2.45. The second-order valence-electron chi connectivity index (χ2n) is 9.11. The van der Waals surface area contributed by atoms with E-state index in [-0.39, 0.29) is 41.8 Å². The minimum absolute atomic E-state index is 0.0140. The molecule has 6 nitrogen and oxygen atoms in total. The summed E-state index contributed by atoms with van der Waals surface area (Å²) in [5.41, 5.74) is -0.0129. The van der Waals surface area contributed by atoms with Crippen LogP contribution in [0.25, 0.3) is 0 Å². The van der Waals surface area contributed by atoms with Crippen LogP contribution >= 0.6 is 0 Å². The summed E-state index contributed by atoms with van der Waals surface area (Å²) in [6.07, 6.45) is -0.0420. The first kappa shape index (κ1) is 27.6. The van der Waals surface area contributed by atoms with Gasteiger partial charge < -0.3 is 15.4 Å². The molecule has 0 bridgehead atoms. The number of anilines is 1. The fourth-order valence-electron chi connectivity index (χ4n) is 4.30. The average molecular weight is 534 g/mol. The molecule has 1 aromatic carbocycles. The number of alkyl halides is 3. The molecule has 3 atom stereocenters. The van der Waals surface area contributed by atoms with E-state index in [0.717, 1.165) is 24.4 Å². The summed E-state index contributed by atoms with van der Waals surface area (Å²) >= 11 is 0. The quantitative estimate of drug-likeness (QED) is 0.396. The number of morpholine rings is 1. The predicted molar refractivity (Wildman–Crippen MR) is 130 cm³/mol. The molecule has 1 saturated heterocycles. The molecule has 0 aliphatic carbocycles. The first-order chi connectivity index (χ1) is 18.1. The van der Waals surface area contributed by atoms with Gasteiger partial charge in [0, 0.05) is 42.9 Å². The summed E-state index contributed by atoms with van der Waals surface area (Å²) in [4.78, 5) is 20.6. The number of rotatable bonds is 8. The number of halogens is 5. The maximum atomic E-state index is 14.7. The Kier molecular flexibility index (Phi) is 8.68. The maximum absolute atomic E-state index is 14.7. The Hall–Kier alpha value is -3.44. The van der Waals surface area contributed by atoms with Gasteiger partial charge in [0.25, 0.3) is 0 Å². The van der Waals surface area contributed by atoms with Crippen LogP contribution in [0.4, 0.5) is 27.6 Å². The monoisotopic (exact) mass is 533 g/mol. The van der Waals surface area contributed by atoms with Gasteiger partial charge in [0.1, 0.15) is 11.6 Å². The molecule has 2 N–H and O–H groups in total. The van der Waals surface area contributed by atoms with Crippen LogP contribution in [-0.2, 0) is 22.1 Å². The van der Waals surface area contributed by atoms with Gasteiger partial charge in [-0.25, -0.2) is 8.78 Å². The SMILES string of the molecule is [CH2][C@H]1CO[C@H](CCc2c(F)cncc2NC(=O)C[C@@H](c2ccc(F)cc2)c2cncc(C(F)(F)F)c2)CN1. The molecule has 1 aliphatic heterocycles. The van der Waals surface area contributed by atoms with Crippen LogP contribution in [0.3, 0.4) is 0 Å². The van der Waals surface area contributed by atoms with Crippen molar-refractivity contribution >= 4 is 11.6 Å². The molecule has 3 aromatic rings. The Morgan fingerprint density at radius 1 is 1.11 bits per heavy atom. The highest BCUT2D eigenvalue weighted by Gasteiger charge is 2.32. The second kappa shape index (κ2) is 12.0. The summed E-state index contributed by atoms with van der Waals surface area (Å²) in [5.74, 6) is -2.58. The normalized spacial score (nSPS) is 18.7. The van der Waals surface area contributed by atoms with Gasteiger partial charge >= 0.3 is 6.18 Å². The smallest absolute Gasteiger partial charge is 0.375 e. The first-order valence-corrected chi connectivity index (χ1v) is 12.0. The molecule has 0 spiro atoms. The summed E-state index contributed by atoms with van der Waals surface area (Å²) in [6, 6.07) is 6.02. The van der Waals surface area contributed by atoms with E-state index in [1.54, 1.807) is 0 Å². The van der Waals surface area contributed by atoms with E-state index in [0.29, 0.717) is 31.3 Å². The lowest BCUT2D eigenvalue weighted by Gasteiger charge is -2.28. The summed E-state index contributed by atoms with van der Waals surface area (Å²) < 4.78 is 73.9. The molecule has 0 saturated carbocycles. The van der Waals surface area contributed by atoms with Gasteiger partial charge in [-0.15, -0.1) is 0 Å². The molecule has 1 amide bonds. The van der Waals surface area contributed by atoms with E-state index in [4.69, 9.17) is 4.74 Å². The van der Waals surface area contributed by atoms with Gasteiger partial charge in [0.05, 0.1) is 36.4 Å². The molecular formula is C27H26F5N4O2. The number of nitrogens with one attached hydrogen (secondary N) is 2. The van der Waals surface area contributed by atoms with Gasteiger partial charge in [-0.1, -0.05) is 12.1 Å². The molecule has 0 unspecified atom stereocenters.